The minimum atomic E-state index is -3.39. The molecule has 0 aromatic carbocycles. The molecule has 3 aliphatic rings. The molecule has 3 heterocycles. The second-order valence-corrected chi connectivity index (χ2v) is 10.6. The summed E-state index contributed by atoms with van der Waals surface area (Å²) in [6.07, 6.45) is 1.33. The first-order valence-corrected chi connectivity index (χ1v) is 11.4. The lowest BCUT2D eigenvalue weighted by atomic mass is 10.1. The van der Waals surface area contributed by atoms with Crippen LogP contribution in [0.25, 0.3) is 0 Å². The van der Waals surface area contributed by atoms with E-state index in [-0.39, 0.29) is 17.5 Å². The van der Waals surface area contributed by atoms with Crippen molar-refractivity contribution in [1.29, 1.82) is 0 Å². The van der Waals surface area contributed by atoms with Crippen LogP contribution in [0.1, 0.15) is 12.8 Å². The molecule has 0 unspecified atom stereocenters. The van der Waals surface area contributed by atoms with E-state index in [1.54, 1.807) is 4.31 Å². The number of morpholine rings is 1. The van der Waals surface area contributed by atoms with Crippen molar-refractivity contribution in [2.75, 3.05) is 64.0 Å². The van der Waals surface area contributed by atoms with Crippen LogP contribution >= 0.6 is 0 Å². The average Bonchev–Trinajstić information content (AvgIpc) is 2.56. The van der Waals surface area contributed by atoms with Crippen molar-refractivity contribution in [2.24, 2.45) is 0 Å². The molecule has 0 spiro atoms. The highest BCUT2D eigenvalue weighted by Crippen LogP contribution is 2.21. The zero-order valence-electron chi connectivity index (χ0n) is 13.3. The van der Waals surface area contributed by atoms with Gasteiger partial charge >= 0.3 is 0 Å². The Morgan fingerprint density at radius 1 is 0.826 bits per heavy atom. The summed E-state index contributed by atoms with van der Waals surface area (Å²) >= 11 is 0. The molecular weight excluding hydrogens is 342 g/mol. The smallest absolute Gasteiger partial charge is 0.282 e. The lowest BCUT2D eigenvalue weighted by Crippen LogP contribution is -2.57. The zero-order chi connectivity index (χ0) is 16.5. The van der Waals surface area contributed by atoms with Crippen molar-refractivity contribution >= 4 is 20.0 Å². The van der Waals surface area contributed by atoms with Crippen molar-refractivity contribution in [1.82, 2.24) is 13.5 Å². The van der Waals surface area contributed by atoms with Crippen molar-refractivity contribution in [3.05, 3.63) is 0 Å². The van der Waals surface area contributed by atoms with Crippen LogP contribution in [0.15, 0.2) is 0 Å². The molecular formula is C13H25N3O5S2. The molecule has 0 radical (unpaired) electrons. The Bertz CT molecular complexity index is 594. The molecule has 0 aliphatic carbocycles. The van der Waals surface area contributed by atoms with Crippen LogP contribution in [0, 0.1) is 0 Å². The Morgan fingerprint density at radius 2 is 1.35 bits per heavy atom. The van der Waals surface area contributed by atoms with Gasteiger partial charge in [0.25, 0.3) is 10.2 Å². The normalized spacial score (nSPS) is 29.6. The van der Waals surface area contributed by atoms with Gasteiger partial charge in [0.1, 0.15) is 9.84 Å². The van der Waals surface area contributed by atoms with Crippen LogP contribution < -0.4 is 0 Å². The van der Waals surface area contributed by atoms with E-state index in [1.165, 1.54) is 4.31 Å². The van der Waals surface area contributed by atoms with Gasteiger partial charge < -0.3 is 4.74 Å². The lowest BCUT2D eigenvalue weighted by Gasteiger charge is -2.41. The fraction of sp³-hybridized carbons (Fsp3) is 1.00. The number of rotatable bonds is 3. The average molecular weight is 367 g/mol. The molecule has 0 bridgehead atoms. The Labute approximate surface area is 138 Å². The highest BCUT2D eigenvalue weighted by molar-refractivity contribution is 7.91. The molecule has 0 aromatic heterocycles. The maximum Gasteiger partial charge on any atom is 0.282 e. The van der Waals surface area contributed by atoms with Crippen LogP contribution in [-0.2, 0) is 24.8 Å². The monoisotopic (exact) mass is 367 g/mol. The molecule has 23 heavy (non-hydrogen) atoms. The topological polar surface area (TPSA) is 87.2 Å². The van der Waals surface area contributed by atoms with Crippen molar-refractivity contribution in [3.8, 4) is 0 Å². The first kappa shape index (κ1) is 17.6. The Balaban J connectivity index is 1.54. The van der Waals surface area contributed by atoms with E-state index in [9.17, 15) is 16.8 Å². The van der Waals surface area contributed by atoms with Crippen molar-refractivity contribution in [2.45, 2.75) is 18.9 Å². The molecule has 3 aliphatic heterocycles. The van der Waals surface area contributed by atoms with Crippen LogP contribution in [0.2, 0.25) is 0 Å². The summed E-state index contributed by atoms with van der Waals surface area (Å²) in [6, 6.07) is 0.270. The molecule has 0 saturated carbocycles. The third-order valence-corrected chi connectivity index (χ3v) is 8.69. The predicted octanol–water partition coefficient (Wildman–Crippen LogP) is -1.24. The third-order valence-electron chi connectivity index (χ3n) is 4.94. The standard InChI is InChI=1S/C13H25N3O5S2/c17-22(18)11-1-13(2-12-22)14-3-5-15(6-4-14)23(19,20)16-7-9-21-10-8-16/h13H,1-12H2. The highest BCUT2D eigenvalue weighted by Gasteiger charge is 2.36. The summed E-state index contributed by atoms with van der Waals surface area (Å²) < 4.78 is 56.5. The Morgan fingerprint density at radius 3 is 1.91 bits per heavy atom. The van der Waals surface area contributed by atoms with Crippen LogP contribution in [0.5, 0.6) is 0 Å². The molecule has 134 valence electrons. The summed E-state index contributed by atoms with van der Waals surface area (Å²) in [5.41, 5.74) is 0. The second-order valence-electron chi connectivity index (χ2n) is 6.34. The molecule has 8 nitrogen and oxygen atoms in total. The van der Waals surface area contributed by atoms with Gasteiger partial charge in [0, 0.05) is 45.3 Å². The molecule has 0 amide bonds. The molecule has 3 rings (SSSR count). The van der Waals surface area contributed by atoms with Gasteiger partial charge in [-0.1, -0.05) is 0 Å². The molecule has 0 N–H and O–H groups in total. The number of hydrogen-bond donors (Lipinski definition) is 0. The van der Waals surface area contributed by atoms with Gasteiger partial charge in [0.2, 0.25) is 0 Å². The molecule has 0 atom stereocenters. The summed E-state index contributed by atoms with van der Waals surface area (Å²) in [7, 11) is -6.25. The number of hydrogen-bond acceptors (Lipinski definition) is 6. The minimum Gasteiger partial charge on any atom is -0.379 e. The van der Waals surface area contributed by atoms with Crippen LogP contribution in [-0.4, -0.2) is 100 Å². The lowest BCUT2D eigenvalue weighted by molar-refractivity contribution is 0.0670. The molecule has 3 saturated heterocycles. The third kappa shape index (κ3) is 4.05. The fourth-order valence-electron chi connectivity index (χ4n) is 3.48. The maximum absolute atomic E-state index is 12.6. The van der Waals surface area contributed by atoms with Gasteiger partial charge in [-0.15, -0.1) is 0 Å². The minimum absolute atomic E-state index is 0.254. The van der Waals surface area contributed by atoms with Crippen LogP contribution in [0.3, 0.4) is 0 Å². The van der Waals surface area contributed by atoms with Crippen LogP contribution in [0.4, 0.5) is 0 Å². The van der Waals surface area contributed by atoms with Gasteiger partial charge in [0.05, 0.1) is 24.7 Å². The second kappa shape index (κ2) is 6.93. The molecule has 0 aromatic rings. The van der Waals surface area contributed by atoms with Gasteiger partial charge in [0.15, 0.2) is 0 Å². The number of nitrogens with zero attached hydrogens (tertiary/aromatic N) is 3. The first-order valence-electron chi connectivity index (χ1n) is 8.16. The number of ether oxygens (including phenoxy) is 1. The first-order chi connectivity index (χ1) is 10.9. The van der Waals surface area contributed by atoms with Crippen molar-refractivity contribution in [3.63, 3.8) is 0 Å². The quantitative estimate of drug-likeness (QED) is 0.620. The van der Waals surface area contributed by atoms with E-state index < -0.39 is 20.0 Å². The number of piperazine rings is 1. The summed E-state index contributed by atoms with van der Waals surface area (Å²) in [5.74, 6) is 0.508. The SMILES string of the molecule is O=S1(=O)CCC(N2CCN(S(=O)(=O)N3CCOCC3)CC2)CC1. The maximum atomic E-state index is 12.6. The molecule has 10 heteroatoms. The summed E-state index contributed by atoms with van der Waals surface area (Å²) in [4.78, 5) is 2.25. The summed E-state index contributed by atoms with van der Waals surface area (Å²) in [6.45, 7) is 4.05. The van der Waals surface area contributed by atoms with E-state index in [0.717, 1.165) is 0 Å². The zero-order valence-corrected chi connectivity index (χ0v) is 14.9. The van der Waals surface area contributed by atoms with E-state index in [0.29, 0.717) is 65.3 Å². The summed E-state index contributed by atoms with van der Waals surface area (Å²) in [5, 5.41) is 0. The fourth-order valence-corrected chi connectivity index (χ4v) is 6.51. The van der Waals surface area contributed by atoms with E-state index in [1.807, 2.05) is 0 Å². The Kier molecular flexibility index (Phi) is 5.29. The largest absolute Gasteiger partial charge is 0.379 e. The van der Waals surface area contributed by atoms with Crippen molar-refractivity contribution < 1.29 is 21.6 Å². The van der Waals surface area contributed by atoms with Gasteiger partial charge in [-0.3, -0.25) is 4.90 Å². The predicted molar refractivity (Wildman–Crippen MR) is 86.1 cm³/mol. The molecule has 3 fully saturated rings. The Hall–Kier alpha value is -0.260. The van der Waals surface area contributed by atoms with E-state index in [2.05, 4.69) is 4.90 Å². The van der Waals surface area contributed by atoms with E-state index >= 15 is 0 Å². The highest BCUT2D eigenvalue weighted by atomic mass is 32.2. The van der Waals surface area contributed by atoms with Gasteiger partial charge in [-0.05, 0) is 12.8 Å². The van der Waals surface area contributed by atoms with Gasteiger partial charge in [-0.25, -0.2) is 8.42 Å². The number of sulfone groups is 1. The van der Waals surface area contributed by atoms with E-state index in [4.69, 9.17) is 4.74 Å². The van der Waals surface area contributed by atoms with Gasteiger partial charge in [-0.2, -0.15) is 17.0 Å².